The quantitative estimate of drug-likeness (QED) is 0.733. The molecule has 18 heavy (non-hydrogen) atoms. The summed E-state index contributed by atoms with van der Waals surface area (Å²) in [5.74, 6) is 0.255. The molecule has 0 radical (unpaired) electrons. The molecule has 0 aromatic heterocycles. The molecule has 1 aromatic carbocycles. The van der Waals surface area contributed by atoms with Crippen LogP contribution in [0.2, 0.25) is 0 Å². The summed E-state index contributed by atoms with van der Waals surface area (Å²) in [6, 6.07) is 10.3. The molecule has 2 unspecified atom stereocenters. The van der Waals surface area contributed by atoms with Gasteiger partial charge in [-0.3, -0.25) is 4.79 Å². The molecule has 2 atom stereocenters. The number of primary amides is 1. The third-order valence-electron chi connectivity index (χ3n) is 4.24. The fraction of sp³-hybridized carbons (Fsp3) is 0.562. The van der Waals surface area contributed by atoms with Crippen molar-refractivity contribution < 1.29 is 4.79 Å². The fourth-order valence-corrected chi connectivity index (χ4v) is 2.97. The first-order valence-electron chi connectivity index (χ1n) is 7.05. The van der Waals surface area contributed by atoms with E-state index in [1.165, 1.54) is 24.8 Å². The number of benzene rings is 1. The Morgan fingerprint density at radius 2 is 2.00 bits per heavy atom. The Kier molecular flexibility index (Phi) is 4.05. The summed E-state index contributed by atoms with van der Waals surface area (Å²) in [5, 5.41) is 0. The van der Waals surface area contributed by atoms with Gasteiger partial charge in [0.15, 0.2) is 0 Å². The summed E-state index contributed by atoms with van der Waals surface area (Å²) < 4.78 is 0. The van der Waals surface area contributed by atoms with Gasteiger partial charge in [0.25, 0.3) is 0 Å². The van der Waals surface area contributed by atoms with E-state index in [2.05, 4.69) is 19.1 Å². The van der Waals surface area contributed by atoms with Gasteiger partial charge in [0.1, 0.15) is 0 Å². The van der Waals surface area contributed by atoms with Crippen molar-refractivity contribution in [1.29, 1.82) is 0 Å². The standard InChI is InChI=1S/C16H23NO/c1-2-3-4-8-11-16(15(17)18)12-14(16)13-9-6-5-7-10-13/h5-7,9-10,14H,2-4,8,11-12H2,1H3,(H2,17,18). The Bertz CT molecular complexity index is 401. The van der Waals surface area contributed by atoms with Gasteiger partial charge >= 0.3 is 0 Å². The Labute approximate surface area is 110 Å². The maximum atomic E-state index is 11.8. The second-order valence-corrected chi connectivity index (χ2v) is 5.50. The zero-order valence-electron chi connectivity index (χ0n) is 11.2. The first-order valence-corrected chi connectivity index (χ1v) is 7.05. The first-order chi connectivity index (χ1) is 8.70. The van der Waals surface area contributed by atoms with Crippen LogP contribution in [-0.2, 0) is 4.79 Å². The highest BCUT2D eigenvalue weighted by molar-refractivity contribution is 5.85. The Balaban J connectivity index is 1.97. The van der Waals surface area contributed by atoms with E-state index in [4.69, 9.17) is 5.73 Å². The van der Waals surface area contributed by atoms with Crippen LogP contribution < -0.4 is 5.73 Å². The van der Waals surface area contributed by atoms with Gasteiger partial charge in [0.2, 0.25) is 5.91 Å². The number of hydrogen-bond donors (Lipinski definition) is 1. The molecular weight excluding hydrogens is 222 g/mol. The molecule has 1 saturated carbocycles. The van der Waals surface area contributed by atoms with Crippen molar-refractivity contribution in [2.75, 3.05) is 0 Å². The lowest BCUT2D eigenvalue weighted by atomic mass is 9.92. The van der Waals surface area contributed by atoms with Crippen LogP contribution in [0.1, 0.15) is 56.9 Å². The molecule has 1 aliphatic rings. The molecule has 2 nitrogen and oxygen atoms in total. The van der Waals surface area contributed by atoms with Crippen LogP contribution in [0.15, 0.2) is 30.3 Å². The SMILES string of the molecule is CCCCCCC1(C(N)=O)CC1c1ccccc1. The van der Waals surface area contributed by atoms with Gasteiger partial charge in [0.05, 0.1) is 5.41 Å². The second kappa shape index (κ2) is 5.55. The van der Waals surface area contributed by atoms with Crippen molar-refractivity contribution in [3.05, 3.63) is 35.9 Å². The van der Waals surface area contributed by atoms with Crippen LogP contribution in [0.4, 0.5) is 0 Å². The Morgan fingerprint density at radius 1 is 1.28 bits per heavy atom. The molecule has 1 fully saturated rings. The van der Waals surface area contributed by atoms with Gasteiger partial charge < -0.3 is 5.73 Å². The molecule has 1 aromatic rings. The van der Waals surface area contributed by atoms with E-state index in [0.717, 1.165) is 19.3 Å². The van der Waals surface area contributed by atoms with E-state index in [-0.39, 0.29) is 11.3 Å². The minimum absolute atomic E-state index is 0.104. The molecule has 98 valence electrons. The summed E-state index contributed by atoms with van der Waals surface area (Å²) in [7, 11) is 0. The molecule has 0 bridgehead atoms. The van der Waals surface area contributed by atoms with E-state index >= 15 is 0 Å². The molecule has 1 amide bonds. The molecule has 0 saturated heterocycles. The summed E-state index contributed by atoms with van der Waals surface area (Å²) >= 11 is 0. The maximum Gasteiger partial charge on any atom is 0.224 e. The third-order valence-corrected chi connectivity index (χ3v) is 4.24. The molecule has 2 N–H and O–H groups in total. The number of rotatable bonds is 7. The van der Waals surface area contributed by atoms with Crippen LogP contribution in [0, 0.1) is 5.41 Å². The maximum absolute atomic E-state index is 11.8. The summed E-state index contributed by atoms with van der Waals surface area (Å²) in [4.78, 5) is 11.8. The number of carbonyl (C=O) groups is 1. The second-order valence-electron chi connectivity index (χ2n) is 5.50. The number of hydrogen-bond acceptors (Lipinski definition) is 1. The van der Waals surface area contributed by atoms with Crippen molar-refractivity contribution in [1.82, 2.24) is 0 Å². The van der Waals surface area contributed by atoms with Crippen molar-refractivity contribution >= 4 is 5.91 Å². The van der Waals surface area contributed by atoms with Crippen LogP contribution in [0.3, 0.4) is 0 Å². The van der Waals surface area contributed by atoms with Crippen LogP contribution in [0.25, 0.3) is 0 Å². The zero-order chi connectivity index (χ0) is 13.0. The van der Waals surface area contributed by atoms with Gasteiger partial charge in [-0.1, -0.05) is 62.9 Å². The predicted molar refractivity (Wildman–Crippen MR) is 74.2 cm³/mol. The molecule has 0 heterocycles. The first kappa shape index (κ1) is 13.1. The zero-order valence-corrected chi connectivity index (χ0v) is 11.2. The normalized spacial score (nSPS) is 25.9. The van der Waals surface area contributed by atoms with Crippen LogP contribution in [-0.4, -0.2) is 5.91 Å². The average molecular weight is 245 g/mol. The smallest absolute Gasteiger partial charge is 0.224 e. The van der Waals surface area contributed by atoms with E-state index in [1.807, 2.05) is 18.2 Å². The number of amides is 1. The summed E-state index contributed by atoms with van der Waals surface area (Å²) in [6.45, 7) is 2.20. The van der Waals surface area contributed by atoms with E-state index in [9.17, 15) is 4.79 Å². The predicted octanol–water partition coefficient (Wildman–Crippen LogP) is 3.62. The summed E-state index contributed by atoms with van der Waals surface area (Å²) in [6.07, 6.45) is 6.73. The lowest BCUT2D eigenvalue weighted by Gasteiger charge is -2.13. The highest BCUT2D eigenvalue weighted by atomic mass is 16.1. The molecule has 0 spiro atoms. The van der Waals surface area contributed by atoms with Gasteiger partial charge in [-0.2, -0.15) is 0 Å². The monoisotopic (exact) mass is 245 g/mol. The highest BCUT2D eigenvalue weighted by Gasteiger charge is 2.58. The Hall–Kier alpha value is -1.31. The van der Waals surface area contributed by atoms with E-state index < -0.39 is 0 Å². The fourth-order valence-electron chi connectivity index (χ4n) is 2.97. The van der Waals surface area contributed by atoms with Crippen molar-refractivity contribution in [3.63, 3.8) is 0 Å². The number of carbonyl (C=O) groups excluding carboxylic acids is 1. The highest BCUT2D eigenvalue weighted by Crippen LogP contribution is 2.62. The van der Waals surface area contributed by atoms with E-state index in [1.54, 1.807) is 0 Å². The molecule has 0 aliphatic heterocycles. The number of nitrogens with two attached hydrogens (primary N) is 1. The van der Waals surface area contributed by atoms with Crippen molar-refractivity contribution in [2.45, 2.75) is 51.4 Å². The lowest BCUT2D eigenvalue weighted by Crippen LogP contribution is -2.26. The Morgan fingerprint density at radius 3 is 2.61 bits per heavy atom. The minimum Gasteiger partial charge on any atom is -0.369 e. The average Bonchev–Trinajstić information content (AvgIpc) is 3.12. The van der Waals surface area contributed by atoms with Crippen molar-refractivity contribution in [3.8, 4) is 0 Å². The molecule has 2 rings (SSSR count). The van der Waals surface area contributed by atoms with Gasteiger partial charge in [-0.25, -0.2) is 0 Å². The van der Waals surface area contributed by atoms with Gasteiger partial charge in [-0.05, 0) is 24.3 Å². The molecule has 1 aliphatic carbocycles. The topological polar surface area (TPSA) is 43.1 Å². The molecular formula is C16H23NO. The number of unbranched alkanes of at least 4 members (excludes halogenated alkanes) is 3. The van der Waals surface area contributed by atoms with Crippen molar-refractivity contribution in [2.24, 2.45) is 11.1 Å². The van der Waals surface area contributed by atoms with Gasteiger partial charge in [-0.15, -0.1) is 0 Å². The third kappa shape index (κ3) is 2.58. The largest absolute Gasteiger partial charge is 0.369 e. The minimum atomic E-state index is -0.241. The van der Waals surface area contributed by atoms with Gasteiger partial charge in [0, 0.05) is 0 Å². The van der Waals surface area contributed by atoms with E-state index in [0.29, 0.717) is 5.92 Å². The molecule has 2 heteroatoms. The lowest BCUT2D eigenvalue weighted by molar-refractivity contribution is -0.123. The van der Waals surface area contributed by atoms with Crippen LogP contribution >= 0.6 is 0 Å². The van der Waals surface area contributed by atoms with Crippen LogP contribution in [0.5, 0.6) is 0 Å². The summed E-state index contributed by atoms with van der Waals surface area (Å²) in [5.41, 5.74) is 6.67.